The number of nitrogens with zero attached hydrogens (tertiary/aromatic N) is 1. The lowest BCUT2D eigenvalue weighted by molar-refractivity contribution is 0.740. The molecule has 0 fully saturated rings. The number of para-hydroxylation sites is 1. The molecule has 8 aromatic carbocycles. The van der Waals surface area contributed by atoms with Gasteiger partial charge in [0, 0.05) is 42.6 Å². The fourth-order valence-electron chi connectivity index (χ4n) is 10.1. The number of aromatic nitrogens is 1. The average Bonchev–Trinajstić information content (AvgIpc) is 3.92. The number of rotatable bonds is 9. The maximum absolute atomic E-state index is 2.51. The molecule has 310 valence electrons. The largest absolute Gasteiger partial charge is 0.309 e. The minimum atomic E-state index is 0.357. The quantitative estimate of drug-likeness (QED) is 0.136. The van der Waals surface area contributed by atoms with Crippen LogP contribution in [0.25, 0.3) is 81.1 Å². The van der Waals surface area contributed by atoms with E-state index in [4.69, 9.17) is 0 Å². The Morgan fingerprint density at radius 2 is 1.18 bits per heavy atom. The summed E-state index contributed by atoms with van der Waals surface area (Å²) in [5.74, 6) is 0.357. The van der Waals surface area contributed by atoms with Crippen molar-refractivity contribution in [3.8, 4) is 27.9 Å². The molecule has 1 unspecified atom stereocenters. The number of benzene rings is 8. The molecule has 0 bridgehead atoms. The van der Waals surface area contributed by atoms with Crippen LogP contribution in [0.1, 0.15) is 36.0 Å². The molecule has 10 aromatic rings. The first-order chi connectivity index (χ1) is 32.2. The Balaban J connectivity index is 0.841. The number of hydrogen-bond donors (Lipinski definition) is 0. The van der Waals surface area contributed by atoms with E-state index >= 15 is 0 Å². The van der Waals surface area contributed by atoms with E-state index in [0.717, 1.165) is 25.7 Å². The van der Waals surface area contributed by atoms with Crippen molar-refractivity contribution in [3.63, 3.8) is 0 Å². The molecule has 0 saturated heterocycles. The third-order valence-electron chi connectivity index (χ3n) is 13.6. The fourth-order valence-corrected chi connectivity index (χ4v) is 11.2. The molecule has 12 rings (SSSR count). The van der Waals surface area contributed by atoms with Gasteiger partial charge in [-0.2, -0.15) is 0 Å². The van der Waals surface area contributed by atoms with Crippen molar-refractivity contribution in [1.82, 2.24) is 4.57 Å². The first kappa shape index (κ1) is 39.1. The van der Waals surface area contributed by atoms with Crippen molar-refractivity contribution in [1.29, 1.82) is 0 Å². The molecule has 0 N–H and O–H groups in total. The van der Waals surface area contributed by atoms with Crippen molar-refractivity contribution < 1.29 is 0 Å². The zero-order chi connectivity index (χ0) is 43.1. The summed E-state index contributed by atoms with van der Waals surface area (Å²) in [5.41, 5.74) is 18.2. The highest BCUT2D eigenvalue weighted by atomic mass is 32.1. The van der Waals surface area contributed by atoms with Crippen LogP contribution in [0, 0.1) is 5.92 Å². The summed E-state index contributed by atoms with van der Waals surface area (Å²) in [5, 5.41) is 5.19. The lowest BCUT2D eigenvalue weighted by atomic mass is 9.83. The van der Waals surface area contributed by atoms with Gasteiger partial charge < -0.3 is 4.57 Å². The summed E-state index contributed by atoms with van der Waals surface area (Å²) < 4.78 is 5.10. The molecule has 0 amide bonds. The standard InChI is InChI=1S/C63H47NS/c1-3-12-45(13-4-1)47-26-22-43(23-27-47)38-54(50-32-30-48(31-33-50)46-14-5-2-6-15-46)39-44-24-28-49(29-25-44)51-16-11-17-52(40-51)53-34-36-61-58(41-53)56-18-7-9-20-60(56)64(61)55-35-37-63-59(42-55)57-19-8-10-21-62(57)65-63/h1-24,26-28,30-32,34-37,39-42,50H,25,29,33,38H2/b54-39-. The Labute approximate surface area is 385 Å². The third-order valence-corrected chi connectivity index (χ3v) is 14.7. The first-order valence-corrected chi connectivity index (χ1v) is 23.7. The van der Waals surface area contributed by atoms with Crippen LogP contribution in [-0.2, 0) is 6.42 Å². The Hall–Kier alpha value is -7.52. The predicted octanol–water partition coefficient (Wildman–Crippen LogP) is 17.4. The van der Waals surface area contributed by atoms with Gasteiger partial charge in [0.2, 0.25) is 0 Å². The van der Waals surface area contributed by atoms with Crippen molar-refractivity contribution in [2.24, 2.45) is 5.92 Å². The van der Waals surface area contributed by atoms with Crippen LogP contribution in [0.4, 0.5) is 0 Å². The van der Waals surface area contributed by atoms with Crippen LogP contribution >= 0.6 is 11.3 Å². The van der Waals surface area contributed by atoms with E-state index in [9.17, 15) is 0 Å². The molecule has 2 heteroatoms. The zero-order valence-electron chi connectivity index (χ0n) is 36.2. The van der Waals surface area contributed by atoms with E-state index in [1.165, 1.54) is 109 Å². The van der Waals surface area contributed by atoms with Crippen LogP contribution in [0.2, 0.25) is 0 Å². The maximum atomic E-state index is 2.51. The summed E-state index contributed by atoms with van der Waals surface area (Å²) in [4.78, 5) is 0. The number of thiophene rings is 1. The first-order valence-electron chi connectivity index (χ1n) is 22.9. The summed E-state index contributed by atoms with van der Waals surface area (Å²) >= 11 is 1.87. The van der Waals surface area contributed by atoms with E-state index in [-0.39, 0.29) is 0 Å². The van der Waals surface area contributed by atoms with Crippen molar-refractivity contribution in [3.05, 3.63) is 258 Å². The predicted molar refractivity (Wildman–Crippen MR) is 280 cm³/mol. The summed E-state index contributed by atoms with van der Waals surface area (Å²) in [6, 6.07) is 71.4. The Bertz CT molecular complexity index is 3570. The van der Waals surface area contributed by atoms with Crippen molar-refractivity contribution in [2.45, 2.75) is 25.7 Å². The van der Waals surface area contributed by atoms with Crippen LogP contribution in [0.3, 0.4) is 0 Å². The van der Waals surface area contributed by atoms with Gasteiger partial charge in [-0.05, 0) is 130 Å². The SMILES string of the molecule is C1=CC(/C(=C\C2=CC=C(c3cccc(-c4ccc5c(c4)c4ccccc4n5-c4ccc5sc6ccccc6c5c4)c3)CC2)Cc2ccc(-c3ccccc3)cc2)CC=C1c1ccccc1. The highest BCUT2D eigenvalue weighted by Crippen LogP contribution is 2.40. The summed E-state index contributed by atoms with van der Waals surface area (Å²) in [6.45, 7) is 0. The maximum Gasteiger partial charge on any atom is 0.0541 e. The van der Waals surface area contributed by atoms with E-state index < -0.39 is 0 Å². The van der Waals surface area contributed by atoms with E-state index in [0.29, 0.717) is 5.92 Å². The number of fused-ring (bicyclic) bond motifs is 6. The zero-order valence-corrected chi connectivity index (χ0v) is 37.0. The molecule has 2 heterocycles. The average molecular weight is 850 g/mol. The molecule has 1 atom stereocenters. The molecule has 2 aromatic heterocycles. The second-order valence-corrected chi connectivity index (χ2v) is 18.6. The molecule has 0 radical (unpaired) electrons. The van der Waals surface area contributed by atoms with Gasteiger partial charge in [0.25, 0.3) is 0 Å². The molecular formula is C63H47NS. The van der Waals surface area contributed by atoms with E-state index in [1.807, 2.05) is 11.3 Å². The molecule has 1 nitrogen and oxygen atoms in total. The molecule has 2 aliphatic carbocycles. The van der Waals surface area contributed by atoms with Gasteiger partial charge in [-0.1, -0.05) is 188 Å². The Kier molecular flexibility index (Phi) is 10.2. The summed E-state index contributed by atoms with van der Waals surface area (Å²) in [6.07, 6.45) is 18.4. The topological polar surface area (TPSA) is 4.93 Å². The van der Waals surface area contributed by atoms with Gasteiger partial charge in [0.05, 0.1) is 11.0 Å². The fraction of sp³-hybridized carbons (Fsp3) is 0.0794. The van der Waals surface area contributed by atoms with Gasteiger partial charge >= 0.3 is 0 Å². The lowest BCUT2D eigenvalue weighted by Gasteiger charge is -2.22. The number of hydrogen-bond acceptors (Lipinski definition) is 1. The van der Waals surface area contributed by atoms with Crippen molar-refractivity contribution in [2.75, 3.05) is 0 Å². The second-order valence-electron chi connectivity index (χ2n) is 17.6. The monoisotopic (exact) mass is 849 g/mol. The molecule has 0 spiro atoms. The van der Waals surface area contributed by atoms with Crippen LogP contribution in [-0.4, -0.2) is 4.57 Å². The Morgan fingerprint density at radius 3 is 1.98 bits per heavy atom. The van der Waals surface area contributed by atoms with Gasteiger partial charge in [-0.3, -0.25) is 0 Å². The van der Waals surface area contributed by atoms with Gasteiger partial charge in [0.15, 0.2) is 0 Å². The number of allylic oxidation sites excluding steroid dienone is 10. The van der Waals surface area contributed by atoms with E-state index in [1.54, 1.807) is 0 Å². The van der Waals surface area contributed by atoms with Crippen LogP contribution in [0.15, 0.2) is 242 Å². The minimum Gasteiger partial charge on any atom is -0.309 e. The lowest BCUT2D eigenvalue weighted by Crippen LogP contribution is -2.07. The highest BCUT2D eigenvalue weighted by molar-refractivity contribution is 7.25. The van der Waals surface area contributed by atoms with Gasteiger partial charge in [-0.25, -0.2) is 0 Å². The Morgan fingerprint density at radius 1 is 0.508 bits per heavy atom. The normalized spacial score (nSPS) is 15.4. The van der Waals surface area contributed by atoms with E-state index in [2.05, 4.69) is 235 Å². The smallest absolute Gasteiger partial charge is 0.0541 e. The third kappa shape index (κ3) is 7.60. The summed E-state index contributed by atoms with van der Waals surface area (Å²) in [7, 11) is 0. The molecule has 2 aliphatic rings. The van der Waals surface area contributed by atoms with Gasteiger partial charge in [-0.15, -0.1) is 11.3 Å². The molecule has 65 heavy (non-hydrogen) atoms. The molecule has 0 aliphatic heterocycles. The molecular weight excluding hydrogens is 803 g/mol. The highest BCUT2D eigenvalue weighted by Gasteiger charge is 2.19. The second kappa shape index (κ2) is 16.9. The van der Waals surface area contributed by atoms with Crippen LogP contribution in [0.5, 0.6) is 0 Å². The molecule has 0 saturated carbocycles. The minimum absolute atomic E-state index is 0.357. The van der Waals surface area contributed by atoms with Gasteiger partial charge in [0.1, 0.15) is 0 Å². The van der Waals surface area contributed by atoms with Crippen molar-refractivity contribution >= 4 is 64.5 Å². The van der Waals surface area contributed by atoms with Crippen LogP contribution < -0.4 is 0 Å².